The molecule has 3 heteroatoms. The van der Waals surface area contributed by atoms with Crippen LogP contribution < -0.4 is 5.32 Å². The fraction of sp³-hybridized carbons (Fsp3) is 0.500. The normalized spacial score (nSPS) is 31.5. The molecular weight excluding hydrogens is 196 g/mol. The summed E-state index contributed by atoms with van der Waals surface area (Å²) in [6, 6.07) is 6.12. The SMILES string of the molecule is CC1(F)CCNCC1c1ccc(F)cc1. The molecule has 2 rings (SSSR count). The third kappa shape index (κ3) is 2.17. The van der Waals surface area contributed by atoms with Gasteiger partial charge in [0, 0.05) is 12.5 Å². The first-order valence-corrected chi connectivity index (χ1v) is 5.25. The zero-order valence-corrected chi connectivity index (χ0v) is 8.76. The third-order valence-electron chi connectivity index (χ3n) is 3.14. The van der Waals surface area contributed by atoms with Gasteiger partial charge in [0.2, 0.25) is 0 Å². The minimum atomic E-state index is -1.19. The standard InChI is InChI=1S/C12H15F2N/c1-12(14)6-7-15-8-11(12)9-2-4-10(13)5-3-9/h2-5,11,15H,6-8H2,1H3. The fourth-order valence-electron chi connectivity index (χ4n) is 2.13. The van der Waals surface area contributed by atoms with Gasteiger partial charge in [-0.05, 0) is 37.6 Å². The van der Waals surface area contributed by atoms with E-state index < -0.39 is 5.67 Å². The lowest BCUT2D eigenvalue weighted by Crippen LogP contribution is -2.43. The highest BCUT2D eigenvalue weighted by Gasteiger charge is 2.37. The van der Waals surface area contributed by atoms with E-state index in [2.05, 4.69) is 5.32 Å². The molecule has 1 heterocycles. The highest BCUT2D eigenvalue weighted by atomic mass is 19.1. The molecule has 82 valence electrons. The summed E-state index contributed by atoms with van der Waals surface area (Å²) < 4.78 is 26.9. The van der Waals surface area contributed by atoms with E-state index in [1.165, 1.54) is 12.1 Å². The molecule has 2 atom stereocenters. The highest BCUT2D eigenvalue weighted by molar-refractivity contribution is 5.24. The minimum Gasteiger partial charge on any atom is -0.316 e. The molecule has 1 N–H and O–H groups in total. The number of nitrogens with one attached hydrogen (secondary N) is 1. The van der Waals surface area contributed by atoms with Crippen molar-refractivity contribution in [2.75, 3.05) is 13.1 Å². The molecule has 2 unspecified atom stereocenters. The Balaban J connectivity index is 2.25. The Bertz CT molecular complexity index is 332. The van der Waals surface area contributed by atoms with Crippen LogP contribution in [0.3, 0.4) is 0 Å². The van der Waals surface area contributed by atoms with E-state index in [0.29, 0.717) is 19.5 Å². The molecule has 1 aromatic carbocycles. The predicted octanol–water partition coefficient (Wildman–Crippen LogP) is 2.63. The molecule has 1 aliphatic rings. The van der Waals surface area contributed by atoms with Gasteiger partial charge in [0.05, 0.1) is 0 Å². The second-order valence-electron chi connectivity index (χ2n) is 4.34. The van der Waals surface area contributed by atoms with E-state index in [0.717, 1.165) is 5.56 Å². The third-order valence-corrected chi connectivity index (χ3v) is 3.14. The highest BCUT2D eigenvalue weighted by Crippen LogP contribution is 2.35. The summed E-state index contributed by atoms with van der Waals surface area (Å²) >= 11 is 0. The summed E-state index contributed by atoms with van der Waals surface area (Å²) in [6.07, 6.45) is 0.509. The molecule has 0 aliphatic carbocycles. The maximum absolute atomic E-state index is 14.2. The van der Waals surface area contributed by atoms with Crippen LogP contribution >= 0.6 is 0 Å². The lowest BCUT2D eigenvalue weighted by Gasteiger charge is -2.35. The maximum Gasteiger partial charge on any atom is 0.123 e. The van der Waals surface area contributed by atoms with E-state index in [1.807, 2.05) is 0 Å². The number of hydrogen-bond donors (Lipinski definition) is 1. The summed E-state index contributed by atoms with van der Waals surface area (Å²) in [6.45, 7) is 2.96. The zero-order valence-electron chi connectivity index (χ0n) is 8.76. The van der Waals surface area contributed by atoms with Crippen LogP contribution in [-0.2, 0) is 0 Å². The van der Waals surface area contributed by atoms with Gasteiger partial charge in [-0.3, -0.25) is 0 Å². The van der Waals surface area contributed by atoms with Crippen molar-refractivity contribution in [1.82, 2.24) is 5.32 Å². The molecule has 1 aromatic rings. The molecule has 15 heavy (non-hydrogen) atoms. The molecule has 0 spiro atoms. The van der Waals surface area contributed by atoms with Crippen LogP contribution in [0, 0.1) is 5.82 Å². The Morgan fingerprint density at radius 2 is 2.00 bits per heavy atom. The first-order chi connectivity index (χ1) is 7.09. The Hall–Kier alpha value is -0.960. The predicted molar refractivity (Wildman–Crippen MR) is 56.1 cm³/mol. The van der Waals surface area contributed by atoms with E-state index in [4.69, 9.17) is 0 Å². The second-order valence-corrected chi connectivity index (χ2v) is 4.34. The van der Waals surface area contributed by atoms with Gasteiger partial charge in [-0.1, -0.05) is 12.1 Å². The monoisotopic (exact) mass is 211 g/mol. The van der Waals surface area contributed by atoms with Gasteiger partial charge in [0.25, 0.3) is 0 Å². The average Bonchev–Trinajstić information content (AvgIpc) is 2.19. The summed E-state index contributed by atoms with van der Waals surface area (Å²) in [5, 5.41) is 3.17. The van der Waals surface area contributed by atoms with Crippen molar-refractivity contribution in [3.05, 3.63) is 35.6 Å². The number of benzene rings is 1. The van der Waals surface area contributed by atoms with Crippen LogP contribution in [0.2, 0.25) is 0 Å². The molecule has 0 bridgehead atoms. The second kappa shape index (κ2) is 3.89. The van der Waals surface area contributed by atoms with Crippen LogP contribution in [0.25, 0.3) is 0 Å². The zero-order chi connectivity index (χ0) is 10.9. The number of hydrogen-bond acceptors (Lipinski definition) is 1. The Kier molecular flexibility index (Phi) is 2.74. The molecule has 0 saturated carbocycles. The van der Waals surface area contributed by atoms with Gasteiger partial charge in [0.15, 0.2) is 0 Å². The molecule has 0 aromatic heterocycles. The van der Waals surface area contributed by atoms with Gasteiger partial charge in [-0.25, -0.2) is 8.78 Å². The number of alkyl halides is 1. The topological polar surface area (TPSA) is 12.0 Å². The molecule has 1 saturated heterocycles. The lowest BCUT2D eigenvalue weighted by atomic mass is 9.80. The number of halogens is 2. The van der Waals surface area contributed by atoms with E-state index in [-0.39, 0.29) is 11.7 Å². The minimum absolute atomic E-state index is 0.174. The van der Waals surface area contributed by atoms with Crippen molar-refractivity contribution < 1.29 is 8.78 Å². The van der Waals surface area contributed by atoms with Crippen molar-refractivity contribution in [3.8, 4) is 0 Å². The van der Waals surface area contributed by atoms with Gasteiger partial charge < -0.3 is 5.32 Å². The van der Waals surface area contributed by atoms with Gasteiger partial charge in [-0.15, -0.1) is 0 Å². The molecule has 0 radical (unpaired) electrons. The van der Waals surface area contributed by atoms with Crippen molar-refractivity contribution >= 4 is 0 Å². The van der Waals surface area contributed by atoms with Gasteiger partial charge >= 0.3 is 0 Å². The summed E-state index contributed by atoms with van der Waals surface area (Å²) in [5.41, 5.74) is -0.322. The molecule has 1 aliphatic heterocycles. The Morgan fingerprint density at radius 3 is 2.60 bits per heavy atom. The number of rotatable bonds is 1. The Labute approximate surface area is 88.5 Å². The van der Waals surface area contributed by atoms with Crippen LogP contribution in [0.1, 0.15) is 24.8 Å². The first-order valence-electron chi connectivity index (χ1n) is 5.25. The molecule has 1 nitrogen and oxygen atoms in total. The van der Waals surface area contributed by atoms with E-state index >= 15 is 0 Å². The van der Waals surface area contributed by atoms with Gasteiger partial charge in [-0.2, -0.15) is 0 Å². The average molecular weight is 211 g/mol. The van der Waals surface area contributed by atoms with Crippen molar-refractivity contribution in [2.45, 2.75) is 24.9 Å². The molecule has 0 amide bonds. The summed E-state index contributed by atoms with van der Waals surface area (Å²) in [7, 11) is 0. The Morgan fingerprint density at radius 1 is 1.33 bits per heavy atom. The smallest absolute Gasteiger partial charge is 0.123 e. The molecular formula is C12H15F2N. The summed E-state index contributed by atoms with van der Waals surface area (Å²) in [5.74, 6) is -0.449. The van der Waals surface area contributed by atoms with Gasteiger partial charge in [0.1, 0.15) is 11.5 Å². The first kappa shape index (κ1) is 10.6. The maximum atomic E-state index is 14.2. The van der Waals surface area contributed by atoms with Crippen molar-refractivity contribution in [2.24, 2.45) is 0 Å². The van der Waals surface area contributed by atoms with Crippen LogP contribution in [-0.4, -0.2) is 18.8 Å². The quantitative estimate of drug-likeness (QED) is 0.753. The van der Waals surface area contributed by atoms with E-state index in [9.17, 15) is 8.78 Å². The molecule has 1 fully saturated rings. The van der Waals surface area contributed by atoms with Crippen LogP contribution in [0.4, 0.5) is 8.78 Å². The van der Waals surface area contributed by atoms with Crippen molar-refractivity contribution in [1.29, 1.82) is 0 Å². The fourth-order valence-corrected chi connectivity index (χ4v) is 2.13. The summed E-state index contributed by atoms with van der Waals surface area (Å²) in [4.78, 5) is 0. The van der Waals surface area contributed by atoms with Crippen molar-refractivity contribution in [3.63, 3.8) is 0 Å². The largest absolute Gasteiger partial charge is 0.316 e. The van der Waals surface area contributed by atoms with E-state index in [1.54, 1.807) is 19.1 Å². The lowest BCUT2D eigenvalue weighted by molar-refractivity contribution is 0.110. The van der Waals surface area contributed by atoms with Crippen LogP contribution in [0.15, 0.2) is 24.3 Å². The van der Waals surface area contributed by atoms with Crippen LogP contribution in [0.5, 0.6) is 0 Å². The number of piperidine rings is 1.